The molecule has 1 aromatic heterocycles. The third-order valence-electron chi connectivity index (χ3n) is 10.9. The van der Waals surface area contributed by atoms with Crippen molar-refractivity contribution >= 4 is 28.1 Å². The van der Waals surface area contributed by atoms with Gasteiger partial charge in [0.25, 0.3) is 0 Å². The molecule has 0 atom stereocenters. The van der Waals surface area contributed by atoms with E-state index < -0.39 is 0 Å². The predicted octanol–water partition coefficient (Wildman–Crippen LogP) is 15.1. The van der Waals surface area contributed by atoms with Gasteiger partial charge in [0, 0.05) is 27.9 Å². The van der Waals surface area contributed by atoms with Crippen molar-refractivity contribution in [2.45, 2.75) is 0 Å². The highest BCUT2D eigenvalue weighted by Crippen LogP contribution is 2.45. The fraction of sp³-hybridized carbons (Fsp3) is 0. The molecule has 0 saturated heterocycles. The van der Waals surface area contributed by atoms with Crippen LogP contribution in [-0.2, 0) is 0 Å². The summed E-state index contributed by atoms with van der Waals surface area (Å²) in [4.78, 5) is 12.7. The molecule has 9 aromatic carbocycles. The SMILES string of the molecule is c1ccc(-c2ccc(-c3ccccc3N(c3ccc(-c4nc5ccccc5nc4-c4ccccc4)cc3)c3ccccc3-c3ccc(-c4ccccc4)cc3)cc2)cc1. The molecule has 0 aliphatic rings. The third kappa shape index (κ3) is 7.18. The fourth-order valence-electron chi connectivity index (χ4n) is 7.95. The molecule has 10 aromatic rings. The Hall–Kier alpha value is -7.88. The quantitative estimate of drug-likeness (QED) is 0.147. The van der Waals surface area contributed by atoms with Crippen molar-refractivity contribution in [3.63, 3.8) is 0 Å². The van der Waals surface area contributed by atoms with Crippen molar-refractivity contribution in [2.24, 2.45) is 0 Å². The van der Waals surface area contributed by atoms with Crippen molar-refractivity contribution in [3.8, 4) is 67.0 Å². The van der Waals surface area contributed by atoms with E-state index in [9.17, 15) is 0 Å². The minimum atomic E-state index is 0.853. The third-order valence-corrected chi connectivity index (χ3v) is 10.9. The van der Waals surface area contributed by atoms with Gasteiger partial charge < -0.3 is 4.90 Å². The maximum atomic E-state index is 5.20. The van der Waals surface area contributed by atoms with Gasteiger partial charge in [-0.1, -0.05) is 200 Å². The molecule has 3 heteroatoms. The first kappa shape index (κ1) is 35.5. The summed E-state index contributed by atoms with van der Waals surface area (Å²) in [6, 6.07) is 83.6. The molecule has 10 rings (SSSR count). The number of anilines is 3. The Labute approximate surface area is 345 Å². The molecule has 0 bridgehead atoms. The van der Waals surface area contributed by atoms with Crippen LogP contribution < -0.4 is 4.90 Å². The Bertz CT molecular complexity index is 2870. The highest BCUT2D eigenvalue weighted by atomic mass is 15.1. The number of para-hydroxylation sites is 4. The highest BCUT2D eigenvalue weighted by molar-refractivity contribution is 5.95. The number of hydrogen-bond acceptors (Lipinski definition) is 3. The number of rotatable bonds is 9. The second-order valence-electron chi connectivity index (χ2n) is 14.6. The molecule has 0 aliphatic carbocycles. The van der Waals surface area contributed by atoms with Crippen LogP contribution in [0.4, 0.5) is 17.1 Å². The van der Waals surface area contributed by atoms with Gasteiger partial charge in [0.05, 0.1) is 33.8 Å². The summed E-state index contributed by atoms with van der Waals surface area (Å²) in [6.07, 6.45) is 0. The molecule has 0 saturated carbocycles. The minimum Gasteiger partial charge on any atom is -0.309 e. The van der Waals surface area contributed by atoms with E-state index in [0.717, 1.165) is 72.9 Å². The van der Waals surface area contributed by atoms with Gasteiger partial charge in [-0.05, 0) is 69.8 Å². The van der Waals surface area contributed by atoms with Crippen molar-refractivity contribution < 1.29 is 0 Å². The molecule has 0 fully saturated rings. The van der Waals surface area contributed by atoms with Gasteiger partial charge in [-0.3, -0.25) is 0 Å². The lowest BCUT2D eigenvalue weighted by Gasteiger charge is -2.30. The van der Waals surface area contributed by atoms with E-state index in [-0.39, 0.29) is 0 Å². The van der Waals surface area contributed by atoms with Crippen LogP contribution in [0.25, 0.3) is 78.1 Å². The van der Waals surface area contributed by atoms with Crippen LogP contribution in [0.1, 0.15) is 0 Å². The van der Waals surface area contributed by atoms with Crippen LogP contribution in [0.2, 0.25) is 0 Å². The zero-order valence-corrected chi connectivity index (χ0v) is 32.4. The standard InChI is InChI=1S/C56H39N3/c1-4-16-40(17-5-1)42-28-32-44(33-29-42)49-22-10-14-26-53(49)59(54-27-15-11-23-50(54)45-34-30-43(31-35-45)41-18-6-2-7-19-41)48-38-36-47(37-39-48)56-55(46-20-8-3-9-21-46)57-51-24-12-13-25-52(51)58-56/h1-39H. The van der Waals surface area contributed by atoms with Crippen molar-refractivity contribution in [1.29, 1.82) is 0 Å². The first-order valence-corrected chi connectivity index (χ1v) is 20.0. The van der Waals surface area contributed by atoms with Gasteiger partial charge in [-0.25, -0.2) is 9.97 Å². The second-order valence-corrected chi connectivity index (χ2v) is 14.6. The Morgan fingerprint density at radius 3 is 0.983 bits per heavy atom. The predicted molar refractivity (Wildman–Crippen MR) is 247 cm³/mol. The van der Waals surface area contributed by atoms with Crippen LogP contribution in [0, 0.1) is 0 Å². The molecule has 59 heavy (non-hydrogen) atoms. The van der Waals surface area contributed by atoms with E-state index in [0.29, 0.717) is 0 Å². The zero-order chi connectivity index (χ0) is 39.4. The van der Waals surface area contributed by atoms with E-state index in [1.54, 1.807) is 0 Å². The average molecular weight is 754 g/mol. The maximum Gasteiger partial charge on any atom is 0.0973 e. The number of fused-ring (bicyclic) bond motifs is 1. The fourth-order valence-corrected chi connectivity index (χ4v) is 7.95. The van der Waals surface area contributed by atoms with Crippen LogP contribution >= 0.6 is 0 Å². The monoisotopic (exact) mass is 753 g/mol. The summed E-state index contributed by atoms with van der Waals surface area (Å²) < 4.78 is 0. The molecule has 0 amide bonds. The smallest absolute Gasteiger partial charge is 0.0973 e. The Balaban J connectivity index is 1.12. The van der Waals surface area contributed by atoms with Crippen molar-refractivity contribution in [1.82, 2.24) is 9.97 Å². The zero-order valence-electron chi connectivity index (χ0n) is 32.4. The summed E-state index contributed by atoms with van der Waals surface area (Å²) in [5, 5.41) is 0. The van der Waals surface area contributed by atoms with E-state index in [4.69, 9.17) is 9.97 Å². The van der Waals surface area contributed by atoms with Gasteiger partial charge in [0.1, 0.15) is 0 Å². The van der Waals surface area contributed by atoms with Crippen LogP contribution in [0.3, 0.4) is 0 Å². The van der Waals surface area contributed by atoms with E-state index in [1.165, 1.54) is 22.3 Å². The summed E-state index contributed by atoms with van der Waals surface area (Å²) in [6.45, 7) is 0. The van der Waals surface area contributed by atoms with Crippen LogP contribution in [-0.4, -0.2) is 9.97 Å². The Kier molecular flexibility index (Phi) is 9.59. The summed E-state index contributed by atoms with van der Waals surface area (Å²) >= 11 is 0. The normalized spacial score (nSPS) is 11.1. The molecule has 0 unspecified atom stereocenters. The van der Waals surface area contributed by atoms with Gasteiger partial charge in [0.15, 0.2) is 0 Å². The number of hydrogen-bond donors (Lipinski definition) is 0. The Morgan fingerprint density at radius 1 is 0.237 bits per heavy atom. The van der Waals surface area contributed by atoms with Crippen molar-refractivity contribution in [3.05, 3.63) is 237 Å². The first-order chi connectivity index (χ1) is 29.3. The first-order valence-electron chi connectivity index (χ1n) is 20.0. The van der Waals surface area contributed by atoms with Crippen molar-refractivity contribution in [2.75, 3.05) is 4.90 Å². The average Bonchev–Trinajstić information content (AvgIpc) is 3.33. The molecule has 0 N–H and O–H groups in total. The number of benzene rings is 9. The second kappa shape index (κ2) is 15.9. The topological polar surface area (TPSA) is 29.0 Å². The number of nitrogens with zero attached hydrogens (tertiary/aromatic N) is 3. The molecule has 0 radical (unpaired) electrons. The molecular formula is C56H39N3. The molecular weight excluding hydrogens is 715 g/mol. The molecule has 1 heterocycles. The van der Waals surface area contributed by atoms with Crippen LogP contribution in [0.5, 0.6) is 0 Å². The lowest BCUT2D eigenvalue weighted by atomic mass is 9.96. The van der Waals surface area contributed by atoms with E-state index in [2.05, 4.69) is 211 Å². The Morgan fingerprint density at radius 2 is 0.542 bits per heavy atom. The minimum absolute atomic E-state index is 0.853. The van der Waals surface area contributed by atoms with Gasteiger partial charge in [0.2, 0.25) is 0 Å². The van der Waals surface area contributed by atoms with E-state index >= 15 is 0 Å². The molecule has 0 spiro atoms. The van der Waals surface area contributed by atoms with Crippen LogP contribution in [0.15, 0.2) is 237 Å². The molecule has 0 aliphatic heterocycles. The van der Waals surface area contributed by atoms with Gasteiger partial charge in [-0.2, -0.15) is 0 Å². The maximum absolute atomic E-state index is 5.20. The lowest BCUT2D eigenvalue weighted by molar-refractivity contribution is 1.27. The number of aromatic nitrogens is 2. The lowest BCUT2D eigenvalue weighted by Crippen LogP contribution is -2.12. The summed E-state index contributed by atoms with van der Waals surface area (Å²) in [5.74, 6) is 0. The highest BCUT2D eigenvalue weighted by Gasteiger charge is 2.21. The summed E-state index contributed by atoms with van der Waals surface area (Å²) in [5.41, 5.74) is 18.0. The molecule has 3 nitrogen and oxygen atoms in total. The van der Waals surface area contributed by atoms with E-state index in [1.807, 2.05) is 30.3 Å². The van der Waals surface area contributed by atoms with Gasteiger partial charge in [-0.15, -0.1) is 0 Å². The largest absolute Gasteiger partial charge is 0.309 e. The summed E-state index contributed by atoms with van der Waals surface area (Å²) in [7, 11) is 0. The molecule has 278 valence electrons. The van der Waals surface area contributed by atoms with Gasteiger partial charge >= 0.3 is 0 Å².